The van der Waals surface area contributed by atoms with Crippen LogP contribution in [0.5, 0.6) is 0 Å². The van der Waals surface area contributed by atoms with Gasteiger partial charge in [0.25, 0.3) is 0 Å². The maximum atomic E-state index is 12.0. The molecule has 124 valence electrons. The molecule has 8 heteroatoms. The Balaban J connectivity index is 1.60. The van der Waals surface area contributed by atoms with Crippen LogP contribution in [0.25, 0.3) is 10.1 Å². The fourth-order valence-corrected chi connectivity index (χ4v) is 3.64. The summed E-state index contributed by atoms with van der Waals surface area (Å²) in [5.41, 5.74) is 0. The molecule has 0 saturated carbocycles. The molecule has 0 unspecified atom stereocenters. The van der Waals surface area contributed by atoms with Crippen LogP contribution in [0, 0.1) is 0 Å². The van der Waals surface area contributed by atoms with E-state index in [1.54, 1.807) is 24.1 Å². The van der Waals surface area contributed by atoms with E-state index in [9.17, 15) is 4.79 Å². The molecule has 0 fully saturated rings. The van der Waals surface area contributed by atoms with Gasteiger partial charge in [0, 0.05) is 17.1 Å². The van der Waals surface area contributed by atoms with Crippen molar-refractivity contribution in [1.82, 2.24) is 10.2 Å². The molecule has 2 heterocycles. The summed E-state index contributed by atoms with van der Waals surface area (Å²) in [4.78, 5) is 14.5. The number of carbonyl (C=O) groups excluding carboxylic acids is 1. The number of thiophene rings is 1. The van der Waals surface area contributed by atoms with Crippen molar-refractivity contribution in [2.75, 3.05) is 18.5 Å². The van der Waals surface area contributed by atoms with Crippen molar-refractivity contribution >= 4 is 56.4 Å². The molecule has 0 amide bonds. The maximum Gasteiger partial charge on any atom is 0.325 e. The van der Waals surface area contributed by atoms with Crippen LogP contribution in [0.1, 0.15) is 4.88 Å². The Morgan fingerprint density at radius 1 is 1.21 bits per heavy atom. The first kappa shape index (κ1) is 17.0. The first-order valence-electron chi connectivity index (χ1n) is 7.06. The lowest BCUT2D eigenvalue weighted by Gasteiger charge is -2.16. The number of hydrogen-bond donors (Lipinski definition) is 0. The smallest absolute Gasteiger partial charge is 0.325 e. The van der Waals surface area contributed by atoms with Crippen molar-refractivity contribution in [3.05, 3.63) is 51.5 Å². The summed E-state index contributed by atoms with van der Waals surface area (Å²) >= 11 is 13.6. The lowest BCUT2D eigenvalue weighted by atomic mass is 10.2. The molecule has 3 rings (SSSR count). The van der Waals surface area contributed by atoms with E-state index < -0.39 is 0 Å². The number of benzene rings is 1. The minimum Gasteiger partial charge on any atom is -0.459 e. The Labute approximate surface area is 152 Å². The zero-order chi connectivity index (χ0) is 17.1. The van der Waals surface area contributed by atoms with Crippen molar-refractivity contribution < 1.29 is 9.53 Å². The van der Waals surface area contributed by atoms with Gasteiger partial charge in [-0.2, -0.15) is 0 Å². The monoisotopic (exact) mass is 381 g/mol. The molecule has 0 atom stereocenters. The molecule has 3 aromatic rings. The molecule has 0 aliphatic rings. The third-order valence-electron chi connectivity index (χ3n) is 3.34. The van der Waals surface area contributed by atoms with Crippen molar-refractivity contribution in [2.45, 2.75) is 6.61 Å². The summed E-state index contributed by atoms with van der Waals surface area (Å²) in [7, 11) is 1.73. The second-order valence-corrected chi connectivity index (χ2v) is 6.97. The highest BCUT2D eigenvalue weighted by Crippen LogP contribution is 2.35. The predicted molar refractivity (Wildman–Crippen MR) is 96.9 cm³/mol. The summed E-state index contributed by atoms with van der Waals surface area (Å²) < 4.78 is 6.40. The van der Waals surface area contributed by atoms with Gasteiger partial charge in [0.1, 0.15) is 13.2 Å². The van der Waals surface area contributed by atoms with Crippen molar-refractivity contribution in [3.8, 4) is 0 Å². The zero-order valence-electron chi connectivity index (χ0n) is 12.7. The van der Waals surface area contributed by atoms with Crippen LogP contribution in [-0.4, -0.2) is 29.8 Å². The molecule has 2 aromatic heterocycles. The molecule has 0 aliphatic carbocycles. The normalized spacial score (nSPS) is 10.8. The van der Waals surface area contributed by atoms with Gasteiger partial charge in [-0.3, -0.25) is 4.79 Å². The largest absolute Gasteiger partial charge is 0.459 e. The standard InChI is InChI=1S/C16H13Cl2N3O2S/c1-21(14-7-6-13(17)19-20-14)8-15(22)23-9-12-16(18)10-4-2-3-5-11(10)24-12/h2-7H,8-9H2,1H3. The highest BCUT2D eigenvalue weighted by molar-refractivity contribution is 7.19. The van der Waals surface area contributed by atoms with E-state index in [0.717, 1.165) is 15.0 Å². The summed E-state index contributed by atoms with van der Waals surface area (Å²) in [6, 6.07) is 11.1. The molecule has 0 radical (unpaired) electrons. The number of rotatable bonds is 5. The number of anilines is 1. The molecule has 0 aliphatic heterocycles. The second kappa shape index (κ2) is 7.34. The van der Waals surface area contributed by atoms with E-state index in [2.05, 4.69) is 10.2 Å². The van der Waals surface area contributed by atoms with Gasteiger partial charge in [0.15, 0.2) is 11.0 Å². The van der Waals surface area contributed by atoms with E-state index in [1.807, 2.05) is 24.3 Å². The van der Waals surface area contributed by atoms with Crippen LogP contribution in [0.4, 0.5) is 5.82 Å². The topological polar surface area (TPSA) is 55.3 Å². The lowest BCUT2D eigenvalue weighted by Crippen LogP contribution is -2.27. The fraction of sp³-hybridized carbons (Fsp3) is 0.188. The van der Waals surface area contributed by atoms with Gasteiger partial charge in [-0.05, 0) is 18.2 Å². The van der Waals surface area contributed by atoms with Crippen molar-refractivity contribution in [2.24, 2.45) is 0 Å². The second-order valence-electron chi connectivity index (χ2n) is 5.07. The van der Waals surface area contributed by atoms with Gasteiger partial charge in [0.2, 0.25) is 0 Å². The number of carbonyl (C=O) groups is 1. The Bertz CT molecular complexity index is 867. The Kier molecular flexibility index (Phi) is 5.18. The molecule has 5 nitrogen and oxygen atoms in total. The number of aromatic nitrogens is 2. The van der Waals surface area contributed by atoms with Crippen LogP contribution in [-0.2, 0) is 16.1 Å². The first-order chi connectivity index (χ1) is 11.5. The highest BCUT2D eigenvalue weighted by atomic mass is 35.5. The minimum atomic E-state index is -0.372. The number of esters is 1. The van der Waals surface area contributed by atoms with Gasteiger partial charge in [-0.15, -0.1) is 21.5 Å². The Morgan fingerprint density at radius 2 is 2.00 bits per heavy atom. The maximum absolute atomic E-state index is 12.0. The number of fused-ring (bicyclic) bond motifs is 1. The molecular formula is C16H13Cl2N3O2S. The first-order valence-corrected chi connectivity index (χ1v) is 8.63. The molecule has 24 heavy (non-hydrogen) atoms. The molecule has 0 spiro atoms. The molecule has 1 aromatic carbocycles. The van der Waals surface area contributed by atoms with E-state index in [1.165, 1.54) is 11.3 Å². The molecular weight excluding hydrogens is 369 g/mol. The Hall–Kier alpha value is -1.89. The SMILES string of the molecule is CN(CC(=O)OCc1sc2ccccc2c1Cl)c1ccc(Cl)nn1. The van der Waals surface area contributed by atoms with Gasteiger partial charge in [-0.25, -0.2) is 0 Å². The van der Waals surface area contributed by atoms with E-state index in [4.69, 9.17) is 27.9 Å². The number of hydrogen-bond acceptors (Lipinski definition) is 6. The van der Waals surface area contributed by atoms with Crippen molar-refractivity contribution in [1.29, 1.82) is 0 Å². The Morgan fingerprint density at radius 3 is 2.71 bits per heavy atom. The van der Waals surface area contributed by atoms with Crippen LogP contribution in [0.15, 0.2) is 36.4 Å². The summed E-state index contributed by atoms with van der Waals surface area (Å²) in [5.74, 6) is 0.166. The van der Waals surface area contributed by atoms with E-state index in [-0.39, 0.29) is 19.1 Å². The molecule has 0 N–H and O–H groups in total. The van der Waals surface area contributed by atoms with Crippen molar-refractivity contribution in [3.63, 3.8) is 0 Å². The average Bonchev–Trinajstić information content (AvgIpc) is 2.90. The average molecular weight is 382 g/mol. The van der Waals surface area contributed by atoms with Crippen LogP contribution in [0.3, 0.4) is 0 Å². The third-order valence-corrected chi connectivity index (χ3v) is 5.23. The summed E-state index contributed by atoms with van der Waals surface area (Å²) in [5, 5.41) is 9.57. The van der Waals surface area contributed by atoms with Crippen LogP contribution >= 0.6 is 34.5 Å². The number of ether oxygens (including phenoxy) is 1. The molecule has 0 saturated heterocycles. The van der Waals surface area contributed by atoms with Gasteiger partial charge in [0.05, 0.1) is 9.90 Å². The number of nitrogens with zero attached hydrogens (tertiary/aromatic N) is 3. The number of likely N-dealkylation sites (N-methyl/N-ethyl adjacent to an activating group) is 1. The quantitative estimate of drug-likeness (QED) is 0.620. The third kappa shape index (κ3) is 3.77. The van der Waals surface area contributed by atoms with Gasteiger partial charge >= 0.3 is 5.97 Å². The lowest BCUT2D eigenvalue weighted by molar-refractivity contribution is -0.143. The molecule has 0 bridgehead atoms. The summed E-state index contributed by atoms with van der Waals surface area (Å²) in [6.07, 6.45) is 0. The van der Waals surface area contributed by atoms with E-state index >= 15 is 0 Å². The number of halogens is 2. The summed E-state index contributed by atoms with van der Waals surface area (Å²) in [6.45, 7) is 0.204. The van der Waals surface area contributed by atoms with Gasteiger partial charge < -0.3 is 9.64 Å². The van der Waals surface area contributed by atoms with Crippen LogP contribution in [0.2, 0.25) is 10.2 Å². The van der Waals surface area contributed by atoms with Gasteiger partial charge in [-0.1, -0.05) is 41.4 Å². The highest BCUT2D eigenvalue weighted by Gasteiger charge is 2.14. The fourth-order valence-electron chi connectivity index (χ4n) is 2.14. The predicted octanol–water partition coefficient (Wildman–Crippen LogP) is 4.18. The van der Waals surface area contributed by atoms with E-state index in [0.29, 0.717) is 16.0 Å². The zero-order valence-corrected chi connectivity index (χ0v) is 15.0. The minimum absolute atomic E-state index is 0.0544. The van der Waals surface area contributed by atoms with Crippen LogP contribution < -0.4 is 4.90 Å².